The molecule has 0 fully saturated rings. The minimum absolute atomic E-state index is 0.0489. The standard InChI is InChI=1S/C45H52Cl2N8O/c1-52(2)15-17-54(5)25-27-7-13-37-29(19-27)21-39(50-37)31-9-11-35(46)33-23-48-43(41(31)33)45(56)44-42-32(10-12-36(47)34(42)24-49-44)40-22-30-20-28(8-14-38(30)51-40)26-55(6)18-16-53(3)4/h7-14,19-22,43-44,48-51H,15-18,23-26H2,1-6H3. The first-order valence-electron chi connectivity index (χ1n) is 19.5. The summed E-state index contributed by atoms with van der Waals surface area (Å²) in [6, 6.07) is 24.5. The second-order valence-electron chi connectivity index (χ2n) is 16.3. The maximum atomic E-state index is 14.9. The molecule has 0 amide bonds. The molecule has 2 unspecified atom stereocenters. The number of nitrogens with one attached hydrogen (secondary N) is 4. The van der Waals surface area contributed by atoms with Crippen LogP contribution in [0.5, 0.6) is 0 Å². The highest BCUT2D eigenvalue weighted by atomic mass is 35.5. The van der Waals surface area contributed by atoms with Crippen molar-refractivity contribution in [1.29, 1.82) is 0 Å². The van der Waals surface area contributed by atoms with Crippen LogP contribution in [0.1, 0.15) is 45.5 Å². The number of aromatic amines is 2. The summed E-state index contributed by atoms with van der Waals surface area (Å²) in [5, 5.41) is 10.7. The fourth-order valence-electron chi connectivity index (χ4n) is 8.40. The van der Waals surface area contributed by atoms with Gasteiger partial charge in [-0.1, -0.05) is 47.5 Å². The molecule has 2 aliphatic rings. The number of nitrogens with zero attached hydrogens (tertiary/aromatic N) is 4. The molecule has 4 aromatic carbocycles. The van der Waals surface area contributed by atoms with Crippen molar-refractivity contribution in [3.8, 4) is 22.5 Å². The Hall–Kier alpha value is -4.03. The molecule has 4 heterocycles. The second-order valence-corrected chi connectivity index (χ2v) is 17.1. The molecule has 56 heavy (non-hydrogen) atoms. The zero-order chi connectivity index (χ0) is 39.2. The topological polar surface area (TPSA) is 85.7 Å². The maximum Gasteiger partial charge on any atom is 0.175 e. The Morgan fingerprint density at radius 3 is 1.43 bits per heavy atom. The van der Waals surface area contributed by atoms with Gasteiger partial charge in [-0.15, -0.1) is 0 Å². The number of halogens is 2. The van der Waals surface area contributed by atoms with Gasteiger partial charge in [0.25, 0.3) is 0 Å². The van der Waals surface area contributed by atoms with Crippen LogP contribution in [0.2, 0.25) is 10.0 Å². The smallest absolute Gasteiger partial charge is 0.175 e. The molecule has 0 radical (unpaired) electrons. The number of hydrogen-bond donors (Lipinski definition) is 4. The number of carbonyl (C=O) groups is 1. The quantitative estimate of drug-likeness (QED) is 0.0896. The molecule has 11 heteroatoms. The fourth-order valence-corrected chi connectivity index (χ4v) is 8.87. The summed E-state index contributed by atoms with van der Waals surface area (Å²) in [5.41, 5.74) is 12.4. The lowest BCUT2D eigenvalue weighted by molar-refractivity contribution is -0.123. The number of likely N-dealkylation sites (N-methyl/N-ethyl adjacent to an activating group) is 4. The van der Waals surface area contributed by atoms with Crippen LogP contribution >= 0.6 is 23.2 Å². The van der Waals surface area contributed by atoms with Crippen LogP contribution in [0.25, 0.3) is 44.3 Å². The van der Waals surface area contributed by atoms with E-state index in [1.807, 2.05) is 24.3 Å². The van der Waals surface area contributed by atoms with Gasteiger partial charge in [0.05, 0.1) is 12.1 Å². The summed E-state index contributed by atoms with van der Waals surface area (Å²) in [4.78, 5) is 31.4. The normalized spacial score (nSPS) is 16.7. The van der Waals surface area contributed by atoms with Crippen molar-refractivity contribution in [3.05, 3.63) is 116 Å². The zero-order valence-electron chi connectivity index (χ0n) is 33.2. The Morgan fingerprint density at radius 1 is 0.589 bits per heavy atom. The molecule has 2 aromatic heterocycles. The predicted molar refractivity (Wildman–Crippen MR) is 231 cm³/mol. The van der Waals surface area contributed by atoms with Crippen LogP contribution in [-0.4, -0.2) is 104 Å². The minimum atomic E-state index is -0.559. The van der Waals surface area contributed by atoms with Gasteiger partial charge in [-0.25, -0.2) is 0 Å². The van der Waals surface area contributed by atoms with Gasteiger partial charge < -0.3 is 29.6 Å². The average Bonchev–Trinajstić information content (AvgIpc) is 3.98. The van der Waals surface area contributed by atoms with Crippen molar-refractivity contribution >= 4 is 50.8 Å². The Balaban J connectivity index is 1.09. The van der Waals surface area contributed by atoms with E-state index >= 15 is 0 Å². The van der Waals surface area contributed by atoms with Gasteiger partial charge >= 0.3 is 0 Å². The molecule has 9 nitrogen and oxygen atoms in total. The Labute approximate surface area is 339 Å². The summed E-state index contributed by atoms with van der Waals surface area (Å²) in [5.74, 6) is 0.0489. The molecule has 2 aliphatic heterocycles. The lowest BCUT2D eigenvalue weighted by Crippen LogP contribution is -2.32. The third kappa shape index (κ3) is 7.80. The van der Waals surface area contributed by atoms with Crippen LogP contribution in [-0.2, 0) is 31.0 Å². The van der Waals surface area contributed by atoms with E-state index < -0.39 is 12.1 Å². The summed E-state index contributed by atoms with van der Waals surface area (Å²) >= 11 is 13.7. The number of ketones is 1. The number of hydrogen-bond acceptors (Lipinski definition) is 7. The van der Waals surface area contributed by atoms with Crippen molar-refractivity contribution in [2.45, 2.75) is 38.3 Å². The first-order chi connectivity index (χ1) is 26.9. The molecule has 0 saturated carbocycles. The van der Waals surface area contributed by atoms with E-state index in [1.165, 1.54) is 11.1 Å². The van der Waals surface area contributed by atoms with Crippen LogP contribution in [0.15, 0.2) is 72.8 Å². The van der Waals surface area contributed by atoms with Gasteiger partial charge in [0.1, 0.15) is 0 Å². The summed E-state index contributed by atoms with van der Waals surface area (Å²) < 4.78 is 0. The molecule has 0 spiro atoms. The number of carbonyl (C=O) groups excluding carboxylic acids is 1. The molecular weight excluding hydrogens is 739 g/mol. The second kappa shape index (κ2) is 16.1. The molecular formula is C45H52Cl2N8O. The number of aromatic nitrogens is 2. The van der Waals surface area contributed by atoms with Crippen LogP contribution in [0.4, 0.5) is 0 Å². The summed E-state index contributed by atoms with van der Waals surface area (Å²) in [6.45, 7) is 6.79. The van der Waals surface area contributed by atoms with Crippen LogP contribution in [0, 0.1) is 0 Å². The maximum absolute atomic E-state index is 14.9. The van der Waals surface area contributed by atoms with Crippen LogP contribution < -0.4 is 10.6 Å². The van der Waals surface area contributed by atoms with Crippen molar-refractivity contribution in [1.82, 2.24) is 40.2 Å². The highest BCUT2D eigenvalue weighted by Crippen LogP contribution is 2.45. The lowest BCUT2D eigenvalue weighted by atomic mass is 9.87. The Kier molecular flexibility index (Phi) is 11.1. The minimum Gasteiger partial charge on any atom is -0.355 e. The summed E-state index contributed by atoms with van der Waals surface area (Å²) in [6.07, 6.45) is 0. The molecule has 0 bridgehead atoms. The van der Waals surface area contributed by atoms with Gasteiger partial charge in [-0.05, 0) is 124 Å². The number of fused-ring (bicyclic) bond motifs is 4. The van der Waals surface area contributed by atoms with E-state index in [0.29, 0.717) is 23.1 Å². The zero-order valence-corrected chi connectivity index (χ0v) is 34.7. The highest BCUT2D eigenvalue weighted by Gasteiger charge is 2.41. The molecule has 8 rings (SSSR count). The third-order valence-electron chi connectivity index (χ3n) is 11.4. The monoisotopic (exact) mass is 790 g/mol. The SMILES string of the molecule is CN(C)CCN(C)Cc1ccc2[nH]c(-c3ccc(Cl)c4c3C(C(=O)C3NCc5c(Cl)ccc(-c6cc7cc(CN(C)CCN(C)C)ccc7[nH]6)c53)NC4)cc2c1. The molecule has 0 saturated heterocycles. The van der Waals surface area contributed by atoms with Crippen molar-refractivity contribution in [2.24, 2.45) is 0 Å². The molecule has 0 aliphatic carbocycles. The molecule has 6 aromatic rings. The predicted octanol–water partition coefficient (Wildman–Crippen LogP) is 7.83. The Bertz CT molecular complexity index is 2250. The van der Waals surface area contributed by atoms with Gasteiger partial charge in [-0.2, -0.15) is 0 Å². The van der Waals surface area contributed by atoms with E-state index in [9.17, 15) is 4.79 Å². The summed E-state index contributed by atoms with van der Waals surface area (Å²) in [7, 11) is 12.7. The van der Waals surface area contributed by atoms with Crippen molar-refractivity contribution < 1.29 is 4.79 Å². The van der Waals surface area contributed by atoms with E-state index in [-0.39, 0.29) is 5.78 Å². The number of rotatable bonds is 14. The molecule has 4 N–H and O–H groups in total. The van der Waals surface area contributed by atoms with E-state index in [2.05, 4.69) is 131 Å². The van der Waals surface area contributed by atoms with Gasteiger partial charge in [0.15, 0.2) is 5.78 Å². The third-order valence-corrected chi connectivity index (χ3v) is 12.1. The highest BCUT2D eigenvalue weighted by molar-refractivity contribution is 6.32. The number of Topliss-reactive ketones (excluding diaryl/α,β-unsaturated/α-hetero) is 1. The number of benzene rings is 4. The van der Waals surface area contributed by atoms with E-state index in [1.54, 1.807) is 0 Å². The first-order valence-corrected chi connectivity index (χ1v) is 20.2. The van der Waals surface area contributed by atoms with E-state index in [0.717, 1.165) is 106 Å². The largest absolute Gasteiger partial charge is 0.355 e. The number of H-pyrrole nitrogens is 2. The lowest BCUT2D eigenvalue weighted by Gasteiger charge is -2.21. The fraction of sp³-hybridized carbons (Fsp3) is 0.356. The Morgan fingerprint density at radius 2 is 1.02 bits per heavy atom. The first kappa shape index (κ1) is 38.8. The van der Waals surface area contributed by atoms with Crippen molar-refractivity contribution in [3.63, 3.8) is 0 Å². The van der Waals surface area contributed by atoms with Crippen LogP contribution in [0.3, 0.4) is 0 Å². The van der Waals surface area contributed by atoms with Gasteiger partial charge in [0, 0.05) is 107 Å². The molecule has 2 atom stereocenters. The van der Waals surface area contributed by atoms with Gasteiger partial charge in [-0.3, -0.25) is 15.4 Å². The van der Waals surface area contributed by atoms with E-state index in [4.69, 9.17) is 23.2 Å². The van der Waals surface area contributed by atoms with Gasteiger partial charge in [0.2, 0.25) is 0 Å². The van der Waals surface area contributed by atoms with Crippen molar-refractivity contribution in [2.75, 3.05) is 68.5 Å². The molecule has 292 valence electrons. The average molecular weight is 792 g/mol.